The van der Waals surface area contributed by atoms with Gasteiger partial charge in [0.05, 0.1) is 25.4 Å². The van der Waals surface area contributed by atoms with Gasteiger partial charge in [-0.3, -0.25) is 4.90 Å². The maximum absolute atomic E-state index is 5.51. The van der Waals surface area contributed by atoms with Crippen molar-refractivity contribution in [2.24, 2.45) is 0 Å². The SMILES string of the molecule is CC1CCCCN1C.CCC1CCCCN1C.C[C@@H]1CN(C)C[C@H](C)O1.C[C@H]1COCCN1C. The highest BCUT2D eigenvalue weighted by Gasteiger charge is 2.18. The molecule has 6 nitrogen and oxygen atoms in total. The predicted octanol–water partition coefficient (Wildman–Crippen LogP) is 4.43. The molecular formula is C28H60N4O2. The second-order valence-electron chi connectivity index (χ2n) is 11.2. The number of nitrogens with zero attached hydrogens (tertiary/aromatic N) is 4. The van der Waals surface area contributed by atoms with Crippen LogP contribution in [0.2, 0.25) is 0 Å². The smallest absolute Gasteiger partial charge is 0.0678 e. The lowest BCUT2D eigenvalue weighted by atomic mass is 10.0. The number of likely N-dealkylation sites (N-methyl/N-ethyl adjacent to an activating group) is 2. The summed E-state index contributed by atoms with van der Waals surface area (Å²) in [7, 11) is 8.72. The number of ether oxygens (including phenoxy) is 2. The van der Waals surface area contributed by atoms with Gasteiger partial charge in [-0.25, -0.2) is 0 Å². The molecule has 4 fully saturated rings. The largest absolute Gasteiger partial charge is 0.379 e. The molecular weight excluding hydrogens is 424 g/mol. The first-order chi connectivity index (χ1) is 16.1. The van der Waals surface area contributed by atoms with Crippen molar-refractivity contribution in [1.82, 2.24) is 19.6 Å². The van der Waals surface area contributed by atoms with E-state index in [1.54, 1.807) is 0 Å². The number of piperidine rings is 2. The molecule has 0 radical (unpaired) electrons. The summed E-state index contributed by atoms with van der Waals surface area (Å²) in [5.74, 6) is 0. The molecule has 0 aromatic rings. The molecule has 0 N–H and O–H groups in total. The average Bonchev–Trinajstić information content (AvgIpc) is 2.79. The summed E-state index contributed by atoms with van der Waals surface area (Å²) in [6.45, 7) is 18.7. The Morgan fingerprint density at radius 2 is 1.24 bits per heavy atom. The van der Waals surface area contributed by atoms with Crippen LogP contribution < -0.4 is 0 Å². The molecule has 34 heavy (non-hydrogen) atoms. The van der Waals surface area contributed by atoms with Crippen molar-refractivity contribution in [3.05, 3.63) is 0 Å². The Kier molecular flexibility index (Phi) is 16.9. The fourth-order valence-electron chi connectivity index (χ4n) is 5.15. The zero-order valence-corrected chi connectivity index (χ0v) is 24.4. The van der Waals surface area contributed by atoms with Gasteiger partial charge in [0.25, 0.3) is 0 Å². The molecule has 4 aliphatic heterocycles. The van der Waals surface area contributed by atoms with Crippen molar-refractivity contribution < 1.29 is 9.47 Å². The number of morpholine rings is 2. The summed E-state index contributed by atoms with van der Waals surface area (Å²) in [5.41, 5.74) is 0. The van der Waals surface area contributed by atoms with Crippen LogP contribution in [0.25, 0.3) is 0 Å². The minimum atomic E-state index is 0.416. The van der Waals surface area contributed by atoms with E-state index >= 15 is 0 Å². The van der Waals surface area contributed by atoms with Crippen molar-refractivity contribution in [2.45, 2.75) is 110 Å². The highest BCUT2D eigenvalue weighted by atomic mass is 16.5. The molecule has 0 amide bonds. The molecule has 2 unspecified atom stereocenters. The number of hydrogen-bond donors (Lipinski definition) is 0. The second kappa shape index (κ2) is 18.1. The minimum absolute atomic E-state index is 0.416. The average molecular weight is 485 g/mol. The molecule has 4 rings (SSSR count). The standard InChI is InChI=1S/C8H17N.C7H15NO.C7H15N.C6H13NO/c1-3-8-6-4-5-7-9(8)2;1-6-4-8(3)5-7(2)9-6;1-7-5-3-4-6-8(7)2;1-6-5-8-4-3-7(6)2/h8H,3-7H2,1-2H3;6-7H,4-5H2,1-3H3;7H,3-6H2,1-2H3;6H,3-5H2,1-2H3/t;6-,7+;;6-/m...0/s1. The maximum atomic E-state index is 5.51. The summed E-state index contributed by atoms with van der Waals surface area (Å²) in [6.07, 6.45) is 10.7. The van der Waals surface area contributed by atoms with Gasteiger partial charge >= 0.3 is 0 Å². The van der Waals surface area contributed by atoms with Crippen LogP contribution in [0.5, 0.6) is 0 Å². The van der Waals surface area contributed by atoms with Crippen molar-refractivity contribution in [1.29, 1.82) is 0 Å². The van der Waals surface area contributed by atoms with Crippen LogP contribution >= 0.6 is 0 Å². The van der Waals surface area contributed by atoms with Crippen LogP contribution in [0.1, 0.15) is 79.6 Å². The van der Waals surface area contributed by atoms with Gasteiger partial charge in [0, 0.05) is 37.8 Å². The lowest BCUT2D eigenvalue weighted by Gasteiger charge is -2.32. The van der Waals surface area contributed by atoms with Gasteiger partial charge in [-0.05, 0) is 101 Å². The van der Waals surface area contributed by atoms with Crippen molar-refractivity contribution in [3.8, 4) is 0 Å². The lowest BCUT2D eigenvalue weighted by Crippen LogP contribution is -2.42. The van der Waals surface area contributed by atoms with Crippen LogP contribution in [-0.4, -0.2) is 124 Å². The van der Waals surface area contributed by atoms with E-state index in [-0.39, 0.29) is 0 Å². The molecule has 5 atom stereocenters. The summed E-state index contributed by atoms with van der Waals surface area (Å²) in [4.78, 5) is 9.54. The molecule has 0 aliphatic carbocycles. The Morgan fingerprint density at radius 1 is 0.676 bits per heavy atom. The maximum Gasteiger partial charge on any atom is 0.0678 e. The van der Waals surface area contributed by atoms with Gasteiger partial charge in [-0.2, -0.15) is 0 Å². The summed E-state index contributed by atoms with van der Waals surface area (Å²) in [5, 5.41) is 0. The van der Waals surface area contributed by atoms with E-state index in [1.807, 2.05) is 0 Å². The Labute approximate surface area is 213 Å². The monoisotopic (exact) mass is 484 g/mol. The Bertz CT molecular complexity index is 430. The van der Waals surface area contributed by atoms with Gasteiger partial charge < -0.3 is 24.2 Å². The lowest BCUT2D eigenvalue weighted by molar-refractivity contribution is -0.0602. The topological polar surface area (TPSA) is 31.4 Å². The molecule has 0 aromatic heterocycles. The fourth-order valence-corrected chi connectivity index (χ4v) is 5.15. The highest BCUT2D eigenvalue weighted by molar-refractivity contribution is 4.72. The van der Waals surface area contributed by atoms with E-state index in [1.165, 1.54) is 58.0 Å². The van der Waals surface area contributed by atoms with Crippen LogP contribution in [0.15, 0.2) is 0 Å². The van der Waals surface area contributed by atoms with Crippen molar-refractivity contribution >= 4 is 0 Å². The first-order valence-corrected chi connectivity index (χ1v) is 14.2. The fraction of sp³-hybridized carbons (Fsp3) is 1.00. The van der Waals surface area contributed by atoms with Crippen LogP contribution in [0.3, 0.4) is 0 Å². The molecule has 0 saturated carbocycles. The first kappa shape index (κ1) is 31.8. The van der Waals surface area contributed by atoms with Crippen molar-refractivity contribution in [2.75, 3.05) is 74.1 Å². The van der Waals surface area contributed by atoms with Gasteiger partial charge in [0.1, 0.15) is 0 Å². The molecule has 4 heterocycles. The van der Waals surface area contributed by atoms with Crippen LogP contribution in [-0.2, 0) is 9.47 Å². The van der Waals surface area contributed by atoms with Crippen molar-refractivity contribution in [3.63, 3.8) is 0 Å². The first-order valence-electron chi connectivity index (χ1n) is 14.2. The van der Waals surface area contributed by atoms with Gasteiger partial charge in [-0.1, -0.05) is 19.8 Å². The Morgan fingerprint density at radius 3 is 1.59 bits per heavy atom. The molecule has 0 bridgehead atoms. The third-order valence-corrected chi connectivity index (χ3v) is 7.83. The van der Waals surface area contributed by atoms with E-state index in [9.17, 15) is 0 Å². The summed E-state index contributed by atoms with van der Waals surface area (Å²) in [6, 6.07) is 2.34. The molecule has 0 aromatic carbocycles. The Balaban J connectivity index is 0.000000227. The molecule has 204 valence electrons. The predicted molar refractivity (Wildman–Crippen MR) is 147 cm³/mol. The van der Waals surface area contributed by atoms with E-state index in [0.717, 1.165) is 44.9 Å². The minimum Gasteiger partial charge on any atom is -0.379 e. The second-order valence-corrected chi connectivity index (χ2v) is 11.2. The molecule has 4 saturated heterocycles. The van der Waals surface area contributed by atoms with E-state index in [0.29, 0.717) is 18.2 Å². The highest BCUT2D eigenvalue weighted by Crippen LogP contribution is 2.16. The van der Waals surface area contributed by atoms with E-state index in [2.05, 4.69) is 82.4 Å². The quantitative estimate of drug-likeness (QED) is 0.547. The zero-order chi connectivity index (χ0) is 25.5. The third kappa shape index (κ3) is 13.7. The van der Waals surface area contributed by atoms with E-state index in [4.69, 9.17) is 9.47 Å². The Hall–Kier alpha value is -0.240. The number of hydrogen-bond acceptors (Lipinski definition) is 6. The summed E-state index contributed by atoms with van der Waals surface area (Å²) >= 11 is 0. The van der Waals surface area contributed by atoms with Gasteiger partial charge in [0.2, 0.25) is 0 Å². The number of rotatable bonds is 1. The number of likely N-dealkylation sites (tertiary alicyclic amines) is 2. The van der Waals surface area contributed by atoms with Crippen LogP contribution in [0.4, 0.5) is 0 Å². The van der Waals surface area contributed by atoms with Gasteiger partial charge in [-0.15, -0.1) is 0 Å². The van der Waals surface area contributed by atoms with Crippen LogP contribution in [0, 0.1) is 0 Å². The summed E-state index contributed by atoms with van der Waals surface area (Å²) < 4.78 is 10.7. The zero-order valence-electron chi connectivity index (χ0n) is 24.4. The molecule has 0 spiro atoms. The normalized spacial score (nSPS) is 34.0. The van der Waals surface area contributed by atoms with Gasteiger partial charge in [0.15, 0.2) is 0 Å². The molecule has 6 heteroatoms. The third-order valence-electron chi connectivity index (χ3n) is 7.83. The molecule has 4 aliphatic rings. The van der Waals surface area contributed by atoms with E-state index < -0.39 is 0 Å².